The second-order valence-corrected chi connectivity index (χ2v) is 7.62. The van der Waals surface area contributed by atoms with Gasteiger partial charge in [0.05, 0.1) is 12.6 Å². The SMILES string of the molecule is O=C(N[C@H]1COc2ccc(Cl)cc2C1)c1cc2n(n1)CCC(COCC(F)(F)F)O2. The number of nitrogens with one attached hydrogen (secondary N) is 1. The molecule has 1 aromatic carbocycles. The number of benzene rings is 1. The van der Waals surface area contributed by atoms with Crippen LogP contribution in [-0.2, 0) is 17.7 Å². The Morgan fingerprint density at radius 3 is 3.00 bits per heavy atom. The molecule has 2 aliphatic heterocycles. The van der Waals surface area contributed by atoms with Crippen LogP contribution in [0, 0.1) is 0 Å². The van der Waals surface area contributed by atoms with Gasteiger partial charge < -0.3 is 19.5 Å². The Morgan fingerprint density at radius 2 is 2.20 bits per heavy atom. The Balaban J connectivity index is 1.33. The molecule has 1 aromatic heterocycles. The summed E-state index contributed by atoms with van der Waals surface area (Å²) in [6.07, 6.45) is -3.90. The second-order valence-electron chi connectivity index (χ2n) is 7.19. The van der Waals surface area contributed by atoms with Gasteiger partial charge in [0.1, 0.15) is 25.1 Å². The molecular weight excluding hydrogens is 427 g/mol. The maximum atomic E-state index is 12.6. The van der Waals surface area contributed by atoms with E-state index < -0.39 is 18.9 Å². The molecule has 4 rings (SSSR count). The Morgan fingerprint density at radius 1 is 1.37 bits per heavy atom. The zero-order valence-electron chi connectivity index (χ0n) is 15.7. The highest BCUT2D eigenvalue weighted by molar-refractivity contribution is 6.30. The van der Waals surface area contributed by atoms with Gasteiger partial charge in [-0.1, -0.05) is 11.6 Å². The van der Waals surface area contributed by atoms with Gasteiger partial charge in [-0.2, -0.15) is 18.3 Å². The standard InChI is InChI=1S/C19H19ClF3N3O4/c20-12-1-2-16-11(5-12)6-13(8-29-16)24-18(27)15-7-17-26(25-15)4-3-14(30-17)9-28-10-19(21,22)23/h1-2,5,7,13-14H,3-4,6,8-10H2,(H,24,27)/t13-,14?/m1/s1. The van der Waals surface area contributed by atoms with Gasteiger partial charge in [0.25, 0.3) is 5.91 Å². The minimum Gasteiger partial charge on any atom is -0.491 e. The molecule has 7 nitrogen and oxygen atoms in total. The number of carbonyl (C=O) groups excluding carboxylic acids is 1. The summed E-state index contributed by atoms with van der Waals surface area (Å²) in [7, 11) is 0. The molecule has 3 heterocycles. The third kappa shape index (κ3) is 4.99. The number of hydrogen-bond donors (Lipinski definition) is 1. The lowest BCUT2D eigenvalue weighted by Gasteiger charge is -2.26. The third-order valence-electron chi connectivity index (χ3n) is 4.76. The van der Waals surface area contributed by atoms with Crippen molar-refractivity contribution in [1.82, 2.24) is 15.1 Å². The van der Waals surface area contributed by atoms with Gasteiger partial charge in [-0.05, 0) is 30.2 Å². The van der Waals surface area contributed by atoms with Crippen molar-refractivity contribution in [2.24, 2.45) is 0 Å². The number of fused-ring (bicyclic) bond motifs is 2. The molecule has 0 aliphatic carbocycles. The van der Waals surface area contributed by atoms with E-state index in [0.717, 1.165) is 11.3 Å². The summed E-state index contributed by atoms with van der Waals surface area (Å²) in [5, 5.41) is 7.70. The Hall–Kier alpha value is -2.46. The van der Waals surface area contributed by atoms with Crippen LogP contribution in [0.25, 0.3) is 0 Å². The maximum Gasteiger partial charge on any atom is 0.411 e. The van der Waals surface area contributed by atoms with E-state index in [1.807, 2.05) is 0 Å². The van der Waals surface area contributed by atoms with E-state index in [2.05, 4.69) is 15.2 Å². The smallest absolute Gasteiger partial charge is 0.411 e. The minimum absolute atomic E-state index is 0.166. The van der Waals surface area contributed by atoms with Crippen LogP contribution in [0.4, 0.5) is 13.2 Å². The second kappa shape index (κ2) is 8.35. The number of halogens is 4. The topological polar surface area (TPSA) is 74.6 Å². The van der Waals surface area contributed by atoms with E-state index in [1.165, 1.54) is 10.7 Å². The predicted octanol–water partition coefficient (Wildman–Crippen LogP) is 3.00. The highest BCUT2D eigenvalue weighted by atomic mass is 35.5. The molecule has 162 valence electrons. The van der Waals surface area contributed by atoms with Crippen LogP contribution in [0.15, 0.2) is 24.3 Å². The summed E-state index contributed by atoms with van der Waals surface area (Å²) in [5.74, 6) is 0.683. The lowest BCUT2D eigenvalue weighted by Crippen LogP contribution is -2.42. The molecule has 0 radical (unpaired) electrons. The first-order valence-electron chi connectivity index (χ1n) is 9.38. The number of aromatic nitrogens is 2. The van der Waals surface area contributed by atoms with Crippen molar-refractivity contribution in [3.63, 3.8) is 0 Å². The molecule has 30 heavy (non-hydrogen) atoms. The van der Waals surface area contributed by atoms with Gasteiger partial charge in [0.15, 0.2) is 5.69 Å². The molecule has 0 bridgehead atoms. The molecule has 2 atom stereocenters. The number of rotatable bonds is 5. The fourth-order valence-corrected chi connectivity index (χ4v) is 3.59. The Kier molecular flexibility index (Phi) is 5.79. The van der Waals surface area contributed by atoms with Gasteiger partial charge >= 0.3 is 6.18 Å². The van der Waals surface area contributed by atoms with Gasteiger partial charge in [-0.25, -0.2) is 4.68 Å². The highest BCUT2D eigenvalue weighted by Gasteiger charge is 2.30. The molecule has 0 spiro atoms. The highest BCUT2D eigenvalue weighted by Crippen LogP contribution is 2.28. The zero-order valence-corrected chi connectivity index (χ0v) is 16.5. The van der Waals surface area contributed by atoms with E-state index in [1.54, 1.807) is 18.2 Å². The summed E-state index contributed by atoms with van der Waals surface area (Å²) in [6.45, 7) is -0.769. The molecular formula is C19H19ClF3N3O4. The third-order valence-corrected chi connectivity index (χ3v) is 4.99. The maximum absolute atomic E-state index is 12.6. The normalized spacial score (nSPS) is 20.5. The molecule has 1 unspecified atom stereocenters. The van der Waals surface area contributed by atoms with Crippen LogP contribution in [0.1, 0.15) is 22.5 Å². The lowest BCUT2D eigenvalue weighted by atomic mass is 10.0. The van der Waals surface area contributed by atoms with Crippen molar-refractivity contribution in [1.29, 1.82) is 0 Å². The van der Waals surface area contributed by atoms with Crippen molar-refractivity contribution in [2.45, 2.75) is 37.7 Å². The summed E-state index contributed by atoms with van der Waals surface area (Å²) in [4.78, 5) is 12.6. The number of amides is 1. The zero-order chi connectivity index (χ0) is 21.3. The molecule has 0 saturated carbocycles. The van der Waals surface area contributed by atoms with E-state index in [9.17, 15) is 18.0 Å². The first kappa shape index (κ1) is 20.8. The van der Waals surface area contributed by atoms with Gasteiger partial charge in [-0.15, -0.1) is 0 Å². The number of alkyl halides is 3. The number of nitrogens with zero attached hydrogens (tertiary/aromatic N) is 2. The van der Waals surface area contributed by atoms with Crippen molar-refractivity contribution in [2.75, 3.05) is 19.8 Å². The number of ether oxygens (including phenoxy) is 3. The van der Waals surface area contributed by atoms with Crippen LogP contribution in [0.2, 0.25) is 5.02 Å². The van der Waals surface area contributed by atoms with Crippen molar-refractivity contribution < 1.29 is 32.2 Å². The molecule has 2 aromatic rings. The van der Waals surface area contributed by atoms with Crippen LogP contribution in [-0.4, -0.2) is 53.8 Å². The summed E-state index contributed by atoms with van der Waals surface area (Å²) < 4.78 is 54.0. The average molecular weight is 446 g/mol. The van der Waals surface area contributed by atoms with Gasteiger partial charge in [0, 0.05) is 24.1 Å². The number of hydrogen-bond acceptors (Lipinski definition) is 5. The largest absolute Gasteiger partial charge is 0.491 e. The van der Waals surface area contributed by atoms with E-state index >= 15 is 0 Å². The molecule has 11 heteroatoms. The Labute approximate surface area is 175 Å². The van der Waals surface area contributed by atoms with Crippen molar-refractivity contribution in [3.8, 4) is 11.6 Å². The lowest BCUT2D eigenvalue weighted by molar-refractivity contribution is -0.179. The fourth-order valence-electron chi connectivity index (χ4n) is 3.40. The quantitative estimate of drug-likeness (QED) is 0.766. The van der Waals surface area contributed by atoms with Gasteiger partial charge in [-0.3, -0.25) is 4.79 Å². The molecule has 2 aliphatic rings. The number of carbonyl (C=O) groups is 1. The fraction of sp³-hybridized carbons (Fsp3) is 0.474. The molecule has 1 N–H and O–H groups in total. The first-order valence-corrected chi connectivity index (χ1v) is 9.76. The average Bonchev–Trinajstić information content (AvgIpc) is 3.10. The van der Waals surface area contributed by atoms with Crippen LogP contribution in [0.5, 0.6) is 11.6 Å². The molecule has 0 saturated heterocycles. The summed E-state index contributed by atoms with van der Waals surface area (Å²) >= 11 is 6.02. The summed E-state index contributed by atoms with van der Waals surface area (Å²) in [6, 6.07) is 6.58. The monoisotopic (exact) mass is 445 g/mol. The first-order chi connectivity index (χ1) is 14.3. The van der Waals surface area contributed by atoms with Crippen LogP contribution in [0.3, 0.4) is 0 Å². The minimum atomic E-state index is -4.38. The van der Waals surface area contributed by atoms with Crippen molar-refractivity contribution >= 4 is 17.5 Å². The van der Waals surface area contributed by atoms with E-state index in [4.69, 9.17) is 21.1 Å². The Bertz CT molecular complexity index is 934. The molecule has 0 fully saturated rings. The van der Waals surface area contributed by atoms with Gasteiger partial charge in [0.2, 0.25) is 5.88 Å². The molecule has 1 amide bonds. The van der Waals surface area contributed by atoms with E-state index in [-0.39, 0.29) is 24.2 Å². The van der Waals surface area contributed by atoms with Crippen LogP contribution >= 0.6 is 11.6 Å². The van der Waals surface area contributed by atoms with E-state index in [0.29, 0.717) is 36.9 Å². The predicted molar refractivity (Wildman–Crippen MR) is 100 cm³/mol. The summed E-state index contributed by atoms with van der Waals surface area (Å²) in [5.41, 5.74) is 1.08. The van der Waals surface area contributed by atoms with Crippen molar-refractivity contribution in [3.05, 3.63) is 40.5 Å². The number of aryl methyl sites for hydroxylation is 1. The van der Waals surface area contributed by atoms with Crippen LogP contribution < -0.4 is 14.8 Å².